The lowest BCUT2D eigenvalue weighted by Gasteiger charge is -2.23. The Balaban J connectivity index is 1.58. The van der Waals surface area contributed by atoms with E-state index in [2.05, 4.69) is 5.32 Å². The van der Waals surface area contributed by atoms with Gasteiger partial charge in [-0.25, -0.2) is 0 Å². The number of rotatable bonds is 7. The van der Waals surface area contributed by atoms with Crippen molar-refractivity contribution in [2.75, 3.05) is 0 Å². The second kappa shape index (κ2) is 7.16. The maximum atomic E-state index is 12.4. The predicted octanol–water partition coefficient (Wildman–Crippen LogP) is 3.54. The Morgan fingerprint density at radius 1 is 1.17 bits per heavy atom. The Labute approximate surface area is 137 Å². The van der Waals surface area contributed by atoms with Gasteiger partial charge < -0.3 is 10.4 Å². The van der Waals surface area contributed by atoms with Gasteiger partial charge >= 0.3 is 5.97 Å². The molecule has 0 radical (unpaired) electrons. The number of hydrogen-bond donors (Lipinski definition) is 2. The van der Waals surface area contributed by atoms with Crippen LogP contribution >= 0.6 is 0 Å². The molecule has 4 nitrogen and oxygen atoms in total. The zero-order valence-corrected chi connectivity index (χ0v) is 13.4. The van der Waals surface area contributed by atoms with Gasteiger partial charge in [-0.15, -0.1) is 0 Å². The smallest absolute Gasteiger partial charge is 0.303 e. The van der Waals surface area contributed by atoms with Gasteiger partial charge in [-0.2, -0.15) is 0 Å². The fourth-order valence-corrected chi connectivity index (χ4v) is 4.39. The van der Waals surface area contributed by atoms with E-state index in [0.717, 1.165) is 17.4 Å². The summed E-state index contributed by atoms with van der Waals surface area (Å²) >= 11 is 0. The van der Waals surface area contributed by atoms with Crippen LogP contribution in [0.3, 0.4) is 0 Å². The Hall–Kier alpha value is -1.84. The SMILES string of the molecule is O=C(O)CCC(NC(=O)CC1CC2CCC1C2)c1ccccc1. The molecule has 0 spiro atoms. The average molecular weight is 315 g/mol. The molecule has 2 fully saturated rings. The number of carbonyl (C=O) groups excluding carboxylic acids is 1. The van der Waals surface area contributed by atoms with Crippen molar-refractivity contribution in [3.05, 3.63) is 35.9 Å². The summed E-state index contributed by atoms with van der Waals surface area (Å²) < 4.78 is 0. The second-order valence-electron chi connectivity index (χ2n) is 7.10. The molecule has 2 aliphatic carbocycles. The Kier molecular flexibility index (Phi) is 4.99. The third-order valence-corrected chi connectivity index (χ3v) is 5.52. The molecule has 4 heteroatoms. The summed E-state index contributed by atoms with van der Waals surface area (Å²) in [6.07, 6.45) is 6.22. The molecule has 1 aromatic carbocycles. The van der Waals surface area contributed by atoms with E-state index in [1.165, 1.54) is 25.7 Å². The number of aliphatic carboxylic acids is 1. The number of carboxylic acid groups (broad SMARTS) is 1. The number of hydrogen-bond acceptors (Lipinski definition) is 2. The lowest BCUT2D eigenvalue weighted by atomic mass is 9.86. The van der Waals surface area contributed by atoms with E-state index in [1.54, 1.807) is 0 Å². The molecular formula is C19H25NO3. The highest BCUT2D eigenvalue weighted by Crippen LogP contribution is 2.49. The minimum absolute atomic E-state index is 0.0635. The van der Waals surface area contributed by atoms with Crippen LogP contribution in [0.2, 0.25) is 0 Å². The monoisotopic (exact) mass is 315 g/mol. The van der Waals surface area contributed by atoms with Crippen LogP contribution in [0.4, 0.5) is 0 Å². The molecule has 2 N–H and O–H groups in total. The lowest BCUT2D eigenvalue weighted by molar-refractivity contribution is -0.137. The van der Waals surface area contributed by atoms with E-state index < -0.39 is 5.97 Å². The van der Waals surface area contributed by atoms with Gasteiger partial charge in [-0.05, 0) is 49.0 Å². The third-order valence-electron chi connectivity index (χ3n) is 5.52. The first-order chi connectivity index (χ1) is 11.1. The van der Waals surface area contributed by atoms with Crippen LogP contribution in [-0.4, -0.2) is 17.0 Å². The van der Waals surface area contributed by atoms with Crippen LogP contribution in [-0.2, 0) is 9.59 Å². The number of carbonyl (C=O) groups is 2. The highest BCUT2D eigenvalue weighted by atomic mass is 16.4. The van der Waals surface area contributed by atoms with Crippen molar-refractivity contribution in [2.24, 2.45) is 17.8 Å². The highest BCUT2D eigenvalue weighted by molar-refractivity contribution is 5.77. The molecule has 1 amide bonds. The first kappa shape index (κ1) is 16.0. The summed E-state index contributed by atoms with van der Waals surface area (Å²) in [4.78, 5) is 23.3. The predicted molar refractivity (Wildman–Crippen MR) is 87.8 cm³/mol. The molecular weight excluding hydrogens is 290 g/mol. The fourth-order valence-electron chi connectivity index (χ4n) is 4.39. The van der Waals surface area contributed by atoms with Gasteiger partial charge in [-0.1, -0.05) is 36.8 Å². The third kappa shape index (κ3) is 4.12. The van der Waals surface area contributed by atoms with Crippen molar-refractivity contribution in [3.63, 3.8) is 0 Å². The quantitative estimate of drug-likeness (QED) is 0.809. The first-order valence-electron chi connectivity index (χ1n) is 8.68. The maximum absolute atomic E-state index is 12.4. The van der Waals surface area contributed by atoms with Crippen molar-refractivity contribution in [1.82, 2.24) is 5.32 Å². The maximum Gasteiger partial charge on any atom is 0.303 e. The molecule has 0 aromatic heterocycles. The lowest BCUT2D eigenvalue weighted by Crippen LogP contribution is -2.31. The zero-order valence-electron chi connectivity index (χ0n) is 13.4. The van der Waals surface area contributed by atoms with Gasteiger partial charge in [0.15, 0.2) is 0 Å². The van der Waals surface area contributed by atoms with Gasteiger partial charge in [0, 0.05) is 12.8 Å². The van der Waals surface area contributed by atoms with E-state index in [9.17, 15) is 9.59 Å². The van der Waals surface area contributed by atoms with Gasteiger partial charge in [-0.3, -0.25) is 9.59 Å². The first-order valence-corrected chi connectivity index (χ1v) is 8.68. The van der Waals surface area contributed by atoms with Crippen LogP contribution in [0.15, 0.2) is 30.3 Å². The van der Waals surface area contributed by atoms with E-state index in [0.29, 0.717) is 18.8 Å². The topological polar surface area (TPSA) is 66.4 Å². The van der Waals surface area contributed by atoms with Crippen molar-refractivity contribution in [2.45, 2.75) is 51.0 Å². The average Bonchev–Trinajstić information content (AvgIpc) is 3.14. The van der Waals surface area contributed by atoms with Crippen molar-refractivity contribution in [1.29, 1.82) is 0 Å². The summed E-state index contributed by atoms with van der Waals surface area (Å²) in [6, 6.07) is 9.46. The molecule has 1 aromatic rings. The normalized spacial score (nSPS) is 26.9. The molecule has 4 unspecified atom stereocenters. The van der Waals surface area contributed by atoms with E-state index in [1.807, 2.05) is 30.3 Å². The summed E-state index contributed by atoms with van der Waals surface area (Å²) in [7, 11) is 0. The van der Waals surface area contributed by atoms with Crippen molar-refractivity contribution in [3.8, 4) is 0 Å². The Bertz CT molecular complexity index is 557. The molecule has 2 aliphatic rings. The highest BCUT2D eigenvalue weighted by Gasteiger charge is 2.40. The van der Waals surface area contributed by atoms with Crippen molar-refractivity contribution >= 4 is 11.9 Å². The number of fused-ring (bicyclic) bond motifs is 2. The van der Waals surface area contributed by atoms with Gasteiger partial charge in [0.1, 0.15) is 0 Å². The van der Waals surface area contributed by atoms with Gasteiger partial charge in [0.2, 0.25) is 5.91 Å². The Morgan fingerprint density at radius 2 is 1.96 bits per heavy atom. The largest absolute Gasteiger partial charge is 0.481 e. The molecule has 0 heterocycles. The van der Waals surface area contributed by atoms with Crippen LogP contribution < -0.4 is 5.32 Å². The molecule has 0 aliphatic heterocycles. The molecule has 3 rings (SSSR count). The number of nitrogens with one attached hydrogen (secondary N) is 1. The molecule has 2 bridgehead atoms. The van der Waals surface area contributed by atoms with E-state index in [-0.39, 0.29) is 18.4 Å². The van der Waals surface area contributed by atoms with E-state index >= 15 is 0 Å². The second-order valence-corrected chi connectivity index (χ2v) is 7.10. The number of amides is 1. The minimum atomic E-state index is -0.826. The van der Waals surface area contributed by atoms with E-state index in [4.69, 9.17) is 5.11 Å². The van der Waals surface area contributed by atoms with Crippen molar-refractivity contribution < 1.29 is 14.7 Å². The number of carboxylic acids is 1. The summed E-state index contributed by atoms with van der Waals surface area (Å²) in [6.45, 7) is 0. The van der Waals surface area contributed by atoms with Gasteiger partial charge in [0.25, 0.3) is 0 Å². The molecule has 0 saturated heterocycles. The summed E-state index contributed by atoms with van der Waals surface area (Å²) in [5, 5.41) is 12.0. The van der Waals surface area contributed by atoms with Crippen LogP contribution in [0.25, 0.3) is 0 Å². The molecule has 2 saturated carbocycles. The molecule has 23 heavy (non-hydrogen) atoms. The van der Waals surface area contributed by atoms with Crippen LogP contribution in [0, 0.1) is 17.8 Å². The minimum Gasteiger partial charge on any atom is -0.481 e. The molecule has 124 valence electrons. The number of benzene rings is 1. The molecule has 4 atom stereocenters. The zero-order chi connectivity index (χ0) is 16.2. The summed E-state index contributed by atoms with van der Waals surface area (Å²) in [5.74, 6) is 1.36. The fraction of sp³-hybridized carbons (Fsp3) is 0.579. The Morgan fingerprint density at radius 3 is 2.57 bits per heavy atom. The summed E-state index contributed by atoms with van der Waals surface area (Å²) in [5.41, 5.74) is 0.982. The van der Waals surface area contributed by atoms with Gasteiger partial charge in [0.05, 0.1) is 6.04 Å². The standard InChI is InChI=1S/C19H25NO3/c21-18(12-16-11-13-6-7-15(16)10-13)20-17(8-9-19(22)23)14-4-2-1-3-5-14/h1-5,13,15-17H,6-12H2,(H,20,21)(H,22,23). The van der Waals surface area contributed by atoms with Crippen LogP contribution in [0.1, 0.15) is 56.6 Å². The van der Waals surface area contributed by atoms with Crippen LogP contribution in [0.5, 0.6) is 0 Å².